The van der Waals surface area contributed by atoms with Crippen molar-refractivity contribution in [3.63, 3.8) is 0 Å². The Bertz CT molecular complexity index is 441. The molecule has 0 bridgehead atoms. The maximum atomic E-state index is 6.23. The van der Waals surface area contributed by atoms with E-state index in [2.05, 4.69) is 67.5 Å². The number of hydrogen-bond donors (Lipinski definition) is 0. The van der Waals surface area contributed by atoms with Gasteiger partial charge < -0.3 is 4.74 Å². The van der Waals surface area contributed by atoms with Gasteiger partial charge in [-0.3, -0.25) is 0 Å². The van der Waals surface area contributed by atoms with Gasteiger partial charge in [-0.05, 0) is 49.1 Å². The molecule has 0 atom stereocenters. The van der Waals surface area contributed by atoms with Gasteiger partial charge in [0.05, 0.1) is 6.10 Å². The van der Waals surface area contributed by atoms with Crippen LogP contribution in [0, 0.1) is 0 Å². The van der Waals surface area contributed by atoms with Gasteiger partial charge in [0.1, 0.15) is 5.75 Å². The third-order valence-corrected chi connectivity index (χ3v) is 4.17. The number of benzene rings is 1. The molecule has 0 heterocycles. The lowest BCUT2D eigenvalue weighted by molar-refractivity contribution is 0.232. The molecular formula is C19H32O. The molecule has 0 saturated carbocycles. The molecule has 1 rings (SSSR count). The Labute approximate surface area is 125 Å². The topological polar surface area (TPSA) is 9.23 Å². The first-order valence-electron chi connectivity index (χ1n) is 8.06. The standard InChI is InChI=1S/C19H32O/c1-9-15-11-16(13(3)4)18(20-14(5)6)17(12-15)19(7,8)10-2/h11-14H,9-10H2,1-8H3. The van der Waals surface area contributed by atoms with Crippen LogP contribution in [0.5, 0.6) is 5.75 Å². The van der Waals surface area contributed by atoms with Gasteiger partial charge in [0.25, 0.3) is 0 Å². The van der Waals surface area contributed by atoms with Crippen molar-refractivity contribution in [3.05, 3.63) is 28.8 Å². The Kier molecular flexibility index (Phi) is 5.68. The highest BCUT2D eigenvalue weighted by molar-refractivity contribution is 5.49. The van der Waals surface area contributed by atoms with E-state index in [1.807, 2.05) is 0 Å². The highest BCUT2D eigenvalue weighted by Gasteiger charge is 2.26. The van der Waals surface area contributed by atoms with Crippen LogP contribution in [0.2, 0.25) is 0 Å². The van der Waals surface area contributed by atoms with Crippen molar-refractivity contribution < 1.29 is 4.74 Å². The molecule has 0 N–H and O–H groups in total. The highest BCUT2D eigenvalue weighted by Crippen LogP contribution is 2.40. The number of hydrogen-bond acceptors (Lipinski definition) is 1. The summed E-state index contributed by atoms with van der Waals surface area (Å²) >= 11 is 0. The monoisotopic (exact) mass is 276 g/mol. The van der Waals surface area contributed by atoms with Gasteiger partial charge in [0.15, 0.2) is 0 Å². The van der Waals surface area contributed by atoms with Gasteiger partial charge in [-0.1, -0.05) is 53.7 Å². The summed E-state index contributed by atoms with van der Waals surface area (Å²) < 4.78 is 6.23. The molecule has 0 unspecified atom stereocenters. The Hall–Kier alpha value is -0.980. The number of ether oxygens (including phenoxy) is 1. The van der Waals surface area contributed by atoms with Gasteiger partial charge >= 0.3 is 0 Å². The van der Waals surface area contributed by atoms with Gasteiger partial charge in [0, 0.05) is 5.56 Å². The van der Waals surface area contributed by atoms with Crippen molar-refractivity contribution in [3.8, 4) is 5.75 Å². The molecule has 0 radical (unpaired) electrons. The van der Waals surface area contributed by atoms with Crippen molar-refractivity contribution in [1.82, 2.24) is 0 Å². The van der Waals surface area contributed by atoms with E-state index in [0.29, 0.717) is 5.92 Å². The SMILES string of the molecule is CCc1cc(C(C)C)c(OC(C)C)c(C(C)(C)CC)c1. The lowest BCUT2D eigenvalue weighted by Gasteiger charge is -2.30. The predicted molar refractivity (Wildman–Crippen MR) is 89.0 cm³/mol. The Morgan fingerprint density at radius 1 is 1.05 bits per heavy atom. The minimum atomic E-state index is 0.152. The van der Waals surface area contributed by atoms with E-state index in [-0.39, 0.29) is 11.5 Å². The molecule has 20 heavy (non-hydrogen) atoms. The molecule has 0 aliphatic heterocycles. The second-order valence-corrected chi connectivity index (χ2v) is 6.97. The van der Waals surface area contributed by atoms with Crippen molar-refractivity contribution in [1.29, 1.82) is 0 Å². The average Bonchev–Trinajstić information content (AvgIpc) is 2.37. The first-order chi connectivity index (χ1) is 9.22. The lowest BCUT2D eigenvalue weighted by Crippen LogP contribution is -2.20. The van der Waals surface area contributed by atoms with Crippen LogP contribution in [-0.4, -0.2) is 6.10 Å². The fourth-order valence-electron chi connectivity index (χ4n) is 2.41. The molecule has 114 valence electrons. The zero-order valence-corrected chi connectivity index (χ0v) is 14.6. The molecule has 0 fully saturated rings. The summed E-state index contributed by atoms with van der Waals surface area (Å²) in [4.78, 5) is 0. The number of aryl methyl sites for hydroxylation is 1. The van der Waals surface area contributed by atoms with E-state index < -0.39 is 0 Å². The fourth-order valence-corrected chi connectivity index (χ4v) is 2.41. The molecule has 0 aliphatic carbocycles. The Balaban J connectivity index is 3.55. The van der Waals surface area contributed by atoms with Crippen molar-refractivity contribution in [2.75, 3.05) is 0 Å². The third-order valence-electron chi connectivity index (χ3n) is 4.17. The molecule has 1 aromatic rings. The molecule has 0 aromatic heterocycles. The second-order valence-electron chi connectivity index (χ2n) is 6.97. The second kappa shape index (κ2) is 6.65. The first-order valence-corrected chi connectivity index (χ1v) is 8.06. The maximum Gasteiger partial charge on any atom is 0.126 e. The van der Waals surface area contributed by atoms with Crippen LogP contribution in [0.1, 0.15) is 84.4 Å². The van der Waals surface area contributed by atoms with E-state index in [1.54, 1.807) is 0 Å². The molecule has 0 spiro atoms. The van der Waals surface area contributed by atoms with Crippen molar-refractivity contribution in [2.45, 2.75) is 85.7 Å². The molecule has 0 aliphatic rings. The third kappa shape index (κ3) is 3.77. The molecule has 0 amide bonds. The molecule has 1 aromatic carbocycles. The van der Waals surface area contributed by atoms with Crippen LogP contribution >= 0.6 is 0 Å². The predicted octanol–water partition coefficient (Wildman–Crippen LogP) is 5.85. The van der Waals surface area contributed by atoms with Crippen LogP contribution < -0.4 is 4.74 Å². The summed E-state index contributed by atoms with van der Waals surface area (Å²) in [7, 11) is 0. The van der Waals surface area contributed by atoms with E-state index >= 15 is 0 Å². The number of rotatable bonds is 6. The molecule has 0 saturated heterocycles. The minimum absolute atomic E-state index is 0.152. The Morgan fingerprint density at radius 3 is 2.05 bits per heavy atom. The van der Waals surface area contributed by atoms with Crippen LogP contribution in [-0.2, 0) is 11.8 Å². The first kappa shape index (κ1) is 17.1. The average molecular weight is 276 g/mol. The van der Waals surface area contributed by atoms with E-state index in [0.717, 1.165) is 18.6 Å². The minimum Gasteiger partial charge on any atom is -0.490 e. The summed E-state index contributed by atoms with van der Waals surface area (Å²) in [6.45, 7) is 17.9. The van der Waals surface area contributed by atoms with E-state index in [1.165, 1.54) is 16.7 Å². The molecule has 1 heteroatoms. The summed E-state index contributed by atoms with van der Waals surface area (Å²) in [5, 5.41) is 0. The van der Waals surface area contributed by atoms with Gasteiger partial charge in [-0.2, -0.15) is 0 Å². The van der Waals surface area contributed by atoms with Crippen LogP contribution in [0.4, 0.5) is 0 Å². The normalized spacial score (nSPS) is 12.3. The van der Waals surface area contributed by atoms with Gasteiger partial charge in [0.2, 0.25) is 0 Å². The van der Waals surface area contributed by atoms with Gasteiger partial charge in [-0.15, -0.1) is 0 Å². The van der Waals surface area contributed by atoms with E-state index in [4.69, 9.17) is 4.74 Å². The molecular weight excluding hydrogens is 244 g/mol. The summed E-state index contributed by atoms with van der Waals surface area (Å²) in [5.41, 5.74) is 4.30. The van der Waals surface area contributed by atoms with Crippen molar-refractivity contribution >= 4 is 0 Å². The quantitative estimate of drug-likeness (QED) is 0.633. The van der Waals surface area contributed by atoms with Crippen molar-refractivity contribution in [2.24, 2.45) is 0 Å². The smallest absolute Gasteiger partial charge is 0.126 e. The van der Waals surface area contributed by atoms with Crippen LogP contribution in [0.25, 0.3) is 0 Å². The highest BCUT2D eigenvalue weighted by atomic mass is 16.5. The Morgan fingerprint density at radius 2 is 1.65 bits per heavy atom. The summed E-state index contributed by atoms with van der Waals surface area (Å²) in [6.07, 6.45) is 2.41. The summed E-state index contributed by atoms with van der Waals surface area (Å²) in [6, 6.07) is 4.69. The van der Waals surface area contributed by atoms with Crippen LogP contribution in [0.3, 0.4) is 0 Å². The fraction of sp³-hybridized carbons (Fsp3) is 0.684. The lowest BCUT2D eigenvalue weighted by atomic mass is 9.78. The summed E-state index contributed by atoms with van der Waals surface area (Å²) in [5.74, 6) is 1.61. The zero-order chi connectivity index (χ0) is 15.5. The zero-order valence-electron chi connectivity index (χ0n) is 14.6. The molecule has 1 nitrogen and oxygen atoms in total. The van der Waals surface area contributed by atoms with E-state index in [9.17, 15) is 0 Å². The maximum absolute atomic E-state index is 6.23. The van der Waals surface area contributed by atoms with Crippen LogP contribution in [0.15, 0.2) is 12.1 Å². The van der Waals surface area contributed by atoms with Gasteiger partial charge in [-0.25, -0.2) is 0 Å². The largest absolute Gasteiger partial charge is 0.490 e.